The van der Waals surface area contributed by atoms with Gasteiger partial charge in [-0.3, -0.25) is 4.79 Å². The Morgan fingerprint density at radius 2 is 2.00 bits per heavy atom. The average Bonchev–Trinajstić information content (AvgIpc) is 2.61. The minimum atomic E-state index is -4.32. The Balaban J connectivity index is 2.42. The summed E-state index contributed by atoms with van der Waals surface area (Å²) in [6.07, 6.45) is -4.32. The first-order valence-corrected chi connectivity index (χ1v) is 6.60. The molecule has 1 heterocycles. The molecule has 0 aliphatic carbocycles. The second-order valence-corrected chi connectivity index (χ2v) is 5.69. The largest absolute Gasteiger partial charge is 0.405 e. The van der Waals surface area contributed by atoms with Gasteiger partial charge >= 0.3 is 6.18 Å². The van der Waals surface area contributed by atoms with Crippen molar-refractivity contribution < 1.29 is 18.0 Å². The highest BCUT2D eigenvalue weighted by atomic mass is 32.1. The number of nitrogens with one attached hydrogen (secondary N) is 2. The fraction of sp³-hybridized carbons (Fsp3) is 0.455. The quantitative estimate of drug-likeness (QED) is 0.840. The Morgan fingerprint density at radius 3 is 2.47 bits per heavy atom. The zero-order chi connectivity index (χ0) is 14.6. The van der Waals surface area contributed by atoms with Crippen LogP contribution in [0.15, 0.2) is 6.07 Å². The molecule has 1 amide bonds. The third-order valence-electron chi connectivity index (χ3n) is 2.14. The van der Waals surface area contributed by atoms with E-state index in [1.54, 1.807) is 6.92 Å². The van der Waals surface area contributed by atoms with Crippen LogP contribution in [0.25, 0.3) is 0 Å². The lowest BCUT2D eigenvalue weighted by molar-refractivity contribution is -0.121. The van der Waals surface area contributed by atoms with Crippen LogP contribution >= 0.6 is 23.6 Å². The monoisotopic (exact) mass is 310 g/mol. The van der Waals surface area contributed by atoms with Crippen LogP contribution in [0.4, 0.5) is 13.2 Å². The maximum absolute atomic E-state index is 11.9. The number of thiophene rings is 1. The lowest BCUT2D eigenvalue weighted by Crippen LogP contribution is -2.39. The van der Waals surface area contributed by atoms with E-state index < -0.39 is 12.7 Å². The number of thiocarbonyl (C=S) groups is 1. The lowest BCUT2D eigenvalue weighted by Gasteiger charge is -2.11. The summed E-state index contributed by atoms with van der Waals surface area (Å²) in [5, 5.41) is 4.53. The van der Waals surface area contributed by atoms with E-state index in [1.165, 1.54) is 11.3 Å². The van der Waals surface area contributed by atoms with Gasteiger partial charge in [-0.1, -0.05) is 12.2 Å². The minimum absolute atomic E-state index is 0.0448. The van der Waals surface area contributed by atoms with Crippen molar-refractivity contribution in [1.29, 1.82) is 0 Å². The molecule has 0 bridgehead atoms. The Hall–Kier alpha value is -1.15. The number of halogens is 3. The van der Waals surface area contributed by atoms with Gasteiger partial charge < -0.3 is 10.6 Å². The van der Waals surface area contributed by atoms with E-state index in [2.05, 4.69) is 5.32 Å². The minimum Gasteiger partial charge on any atom is -0.369 e. The highest BCUT2D eigenvalue weighted by Gasteiger charge is 2.27. The van der Waals surface area contributed by atoms with Crippen molar-refractivity contribution in [2.45, 2.75) is 20.0 Å². The SMILES string of the molecule is Cc1cc(C)c(C(=O)NCC(=S)NCC(F)(F)F)s1. The van der Waals surface area contributed by atoms with Gasteiger partial charge in [0.1, 0.15) is 6.54 Å². The molecular formula is C11H13F3N2OS2. The topological polar surface area (TPSA) is 41.1 Å². The predicted octanol–water partition coefficient (Wildman–Crippen LogP) is 2.57. The molecule has 0 saturated carbocycles. The number of hydrogen-bond donors (Lipinski definition) is 2. The van der Waals surface area contributed by atoms with E-state index in [4.69, 9.17) is 12.2 Å². The normalized spacial score (nSPS) is 11.2. The molecule has 8 heteroatoms. The van der Waals surface area contributed by atoms with Crippen LogP contribution in [0.5, 0.6) is 0 Å². The summed E-state index contributed by atoms with van der Waals surface area (Å²) >= 11 is 6.04. The van der Waals surface area contributed by atoms with E-state index in [1.807, 2.05) is 18.3 Å². The van der Waals surface area contributed by atoms with Crippen LogP contribution in [-0.2, 0) is 0 Å². The maximum atomic E-state index is 11.9. The van der Waals surface area contributed by atoms with Crippen LogP contribution in [0.3, 0.4) is 0 Å². The van der Waals surface area contributed by atoms with Crippen molar-refractivity contribution in [2.75, 3.05) is 13.1 Å². The summed E-state index contributed by atoms with van der Waals surface area (Å²) in [6.45, 7) is 2.38. The number of rotatable bonds is 4. The number of carbonyl (C=O) groups is 1. The van der Waals surface area contributed by atoms with Crippen LogP contribution in [0.1, 0.15) is 20.1 Å². The maximum Gasteiger partial charge on any atom is 0.405 e. The van der Waals surface area contributed by atoms with Crippen molar-refractivity contribution in [2.24, 2.45) is 0 Å². The van der Waals surface area contributed by atoms with Crippen molar-refractivity contribution in [3.63, 3.8) is 0 Å². The van der Waals surface area contributed by atoms with E-state index in [-0.39, 0.29) is 17.4 Å². The third-order valence-corrected chi connectivity index (χ3v) is 3.58. The van der Waals surface area contributed by atoms with E-state index >= 15 is 0 Å². The summed E-state index contributed by atoms with van der Waals surface area (Å²) in [4.78, 5) is 13.3. The van der Waals surface area contributed by atoms with E-state index in [0.717, 1.165) is 10.4 Å². The molecule has 0 spiro atoms. The first kappa shape index (κ1) is 15.9. The zero-order valence-electron chi connectivity index (χ0n) is 10.4. The van der Waals surface area contributed by atoms with Crippen LogP contribution in [-0.4, -0.2) is 30.2 Å². The summed E-state index contributed by atoms with van der Waals surface area (Å²) in [6, 6.07) is 1.87. The molecule has 0 atom stereocenters. The molecule has 19 heavy (non-hydrogen) atoms. The summed E-state index contributed by atoms with van der Waals surface area (Å²) < 4.78 is 35.8. The van der Waals surface area contributed by atoms with Gasteiger partial charge in [0, 0.05) is 4.88 Å². The van der Waals surface area contributed by atoms with Crippen molar-refractivity contribution in [3.8, 4) is 0 Å². The standard InChI is InChI=1S/C11H13F3N2OS2/c1-6-3-7(2)19-9(6)10(17)15-4-8(18)16-5-11(12,13)14/h3H,4-5H2,1-2H3,(H,15,17)(H,16,18). The van der Waals surface area contributed by atoms with E-state index in [9.17, 15) is 18.0 Å². The lowest BCUT2D eigenvalue weighted by atomic mass is 10.2. The highest BCUT2D eigenvalue weighted by Crippen LogP contribution is 2.20. The first-order chi connectivity index (χ1) is 8.69. The molecule has 0 fully saturated rings. The molecule has 0 radical (unpaired) electrons. The molecule has 106 valence electrons. The average molecular weight is 310 g/mol. The Labute approximate surface area is 118 Å². The molecule has 0 saturated heterocycles. The van der Waals surface area contributed by atoms with Crippen molar-refractivity contribution in [1.82, 2.24) is 10.6 Å². The molecule has 0 unspecified atom stereocenters. The fourth-order valence-electron chi connectivity index (χ4n) is 1.37. The van der Waals surface area contributed by atoms with Crippen molar-refractivity contribution in [3.05, 3.63) is 21.4 Å². The fourth-order valence-corrected chi connectivity index (χ4v) is 2.46. The molecule has 3 nitrogen and oxygen atoms in total. The van der Waals surface area contributed by atoms with Gasteiger partial charge in [0.2, 0.25) is 0 Å². The number of hydrogen-bond acceptors (Lipinski definition) is 3. The summed E-state index contributed by atoms with van der Waals surface area (Å²) in [7, 11) is 0. The number of aryl methyl sites for hydroxylation is 2. The van der Waals surface area contributed by atoms with Crippen LogP contribution in [0.2, 0.25) is 0 Å². The Kier molecular flexibility index (Phi) is 5.30. The smallest absolute Gasteiger partial charge is 0.369 e. The molecular weight excluding hydrogens is 297 g/mol. The molecule has 0 aliphatic heterocycles. The third kappa shape index (κ3) is 5.56. The number of alkyl halides is 3. The summed E-state index contributed by atoms with van der Waals surface area (Å²) in [5.74, 6) is -0.327. The van der Waals surface area contributed by atoms with Gasteiger partial charge in [0.15, 0.2) is 0 Å². The molecule has 2 N–H and O–H groups in total. The number of carbonyl (C=O) groups excluding carboxylic acids is 1. The zero-order valence-corrected chi connectivity index (χ0v) is 12.0. The molecule has 0 aromatic carbocycles. The summed E-state index contributed by atoms with van der Waals surface area (Å²) in [5.41, 5.74) is 0.842. The first-order valence-electron chi connectivity index (χ1n) is 5.38. The predicted molar refractivity (Wildman–Crippen MR) is 72.8 cm³/mol. The van der Waals surface area contributed by atoms with Gasteiger partial charge in [0.05, 0.1) is 16.4 Å². The van der Waals surface area contributed by atoms with Gasteiger partial charge in [-0.15, -0.1) is 11.3 Å². The second-order valence-electron chi connectivity index (χ2n) is 3.94. The van der Waals surface area contributed by atoms with Crippen LogP contribution in [0, 0.1) is 13.8 Å². The van der Waals surface area contributed by atoms with Gasteiger partial charge in [0.25, 0.3) is 5.91 Å². The van der Waals surface area contributed by atoms with Gasteiger partial charge in [-0.05, 0) is 25.5 Å². The highest BCUT2D eigenvalue weighted by molar-refractivity contribution is 7.80. The second kappa shape index (κ2) is 6.33. The molecule has 1 aromatic heterocycles. The Morgan fingerprint density at radius 1 is 1.37 bits per heavy atom. The van der Waals surface area contributed by atoms with Gasteiger partial charge in [-0.25, -0.2) is 0 Å². The van der Waals surface area contributed by atoms with Gasteiger partial charge in [-0.2, -0.15) is 13.2 Å². The molecule has 0 aliphatic rings. The molecule has 1 aromatic rings. The Bertz CT molecular complexity index is 483. The van der Waals surface area contributed by atoms with Crippen molar-refractivity contribution >= 4 is 34.5 Å². The van der Waals surface area contributed by atoms with Crippen LogP contribution < -0.4 is 10.6 Å². The molecule has 1 rings (SSSR count). The number of amides is 1. The van der Waals surface area contributed by atoms with E-state index in [0.29, 0.717) is 4.88 Å².